The molecule has 0 aliphatic rings. The fourth-order valence-electron chi connectivity index (χ4n) is 3.32. The first-order chi connectivity index (χ1) is 15.6. The quantitative estimate of drug-likeness (QED) is 0.446. The number of anilines is 1. The van der Waals surface area contributed by atoms with Gasteiger partial charge in [0.1, 0.15) is 18.9 Å². The Morgan fingerprint density at radius 1 is 0.909 bits per heavy atom. The number of nitrogens with one attached hydrogen (secondary N) is 1. The molecular formula is C25H27ClN2O4S. The van der Waals surface area contributed by atoms with Crippen LogP contribution in [0.15, 0.2) is 71.6 Å². The first kappa shape index (κ1) is 24.6. The average Bonchev–Trinajstić information content (AvgIpc) is 2.75. The van der Waals surface area contributed by atoms with Crippen LogP contribution in [0.4, 0.5) is 5.69 Å². The molecule has 3 aromatic carbocycles. The minimum absolute atomic E-state index is 0.0541. The van der Waals surface area contributed by atoms with Crippen molar-refractivity contribution >= 4 is 33.2 Å². The molecule has 0 fully saturated rings. The summed E-state index contributed by atoms with van der Waals surface area (Å²) in [6.07, 6.45) is 0. The van der Waals surface area contributed by atoms with Crippen molar-refractivity contribution in [3.63, 3.8) is 0 Å². The van der Waals surface area contributed by atoms with E-state index in [-0.39, 0.29) is 24.6 Å². The normalized spacial score (nSPS) is 11.2. The highest BCUT2D eigenvalue weighted by molar-refractivity contribution is 7.92. The molecule has 0 bridgehead atoms. The lowest BCUT2D eigenvalue weighted by Crippen LogP contribution is -2.41. The molecule has 1 N–H and O–H groups in total. The van der Waals surface area contributed by atoms with Gasteiger partial charge in [-0.25, -0.2) is 8.42 Å². The Labute approximate surface area is 200 Å². The van der Waals surface area contributed by atoms with Gasteiger partial charge in [-0.2, -0.15) is 0 Å². The predicted octanol–water partition coefficient (Wildman–Crippen LogP) is 4.66. The van der Waals surface area contributed by atoms with Crippen molar-refractivity contribution < 1.29 is 17.9 Å². The van der Waals surface area contributed by atoms with Crippen LogP contribution in [0.3, 0.4) is 0 Å². The zero-order valence-electron chi connectivity index (χ0n) is 18.8. The van der Waals surface area contributed by atoms with Gasteiger partial charge >= 0.3 is 0 Å². The van der Waals surface area contributed by atoms with Crippen molar-refractivity contribution in [1.29, 1.82) is 0 Å². The summed E-state index contributed by atoms with van der Waals surface area (Å²) in [6, 6.07) is 18.7. The van der Waals surface area contributed by atoms with E-state index in [1.165, 1.54) is 24.3 Å². The molecule has 0 heterocycles. The fourth-order valence-corrected chi connectivity index (χ4v) is 4.87. The molecule has 3 aromatic rings. The van der Waals surface area contributed by atoms with Crippen molar-refractivity contribution in [2.45, 2.75) is 25.7 Å². The Hall–Kier alpha value is -3.03. The zero-order chi connectivity index (χ0) is 24.0. The third-order valence-corrected chi connectivity index (χ3v) is 6.94. The van der Waals surface area contributed by atoms with Crippen molar-refractivity contribution in [2.24, 2.45) is 0 Å². The number of sulfonamides is 1. The summed E-state index contributed by atoms with van der Waals surface area (Å²) in [5.41, 5.74) is 3.57. The van der Waals surface area contributed by atoms with Crippen LogP contribution >= 0.6 is 11.6 Å². The van der Waals surface area contributed by atoms with E-state index in [9.17, 15) is 13.2 Å². The molecule has 8 heteroatoms. The SMILES string of the molecule is Cc1ccc(N(CC(=O)NCCOc2cc(C)cc(C)c2)S(=O)(=O)c2ccc(Cl)cc2)cc1. The molecule has 0 aliphatic carbocycles. The lowest BCUT2D eigenvalue weighted by Gasteiger charge is -2.24. The third kappa shape index (κ3) is 6.73. The minimum Gasteiger partial charge on any atom is -0.492 e. The number of hydrogen-bond acceptors (Lipinski definition) is 4. The Balaban J connectivity index is 1.69. The lowest BCUT2D eigenvalue weighted by molar-refractivity contribution is -0.119. The Morgan fingerprint density at radius 3 is 2.12 bits per heavy atom. The maximum Gasteiger partial charge on any atom is 0.264 e. The maximum absolute atomic E-state index is 13.3. The van der Waals surface area contributed by atoms with Crippen molar-refractivity contribution in [2.75, 3.05) is 24.0 Å². The van der Waals surface area contributed by atoms with Crippen LogP contribution in [0, 0.1) is 20.8 Å². The second-order valence-corrected chi connectivity index (χ2v) is 10.1. The number of nitrogens with zero attached hydrogens (tertiary/aromatic N) is 1. The van der Waals surface area contributed by atoms with E-state index >= 15 is 0 Å². The standard InChI is InChI=1S/C25H27ClN2O4S/c1-18-4-8-22(9-5-18)28(33(30,31)24-10-6-21(26)7-11-24)17-25(29)27-12-13-32-23-15-19(2)14-20(3)16-23/h4-11,14-16H,12-13,17H2,1-3H3,(H,27,29). The van der Waals surface area contributed by atoms with Crippen LogP contribution in [-0.4, -0.2) is 34.0 Å². The van der Waals surface area contributed by atoms with E-state index in [2.05, 4.69) is 11.4 Å². The summed E-state index contributed by atoms with van der Waals surface area (Å²) < 4.78 is 33.4. The Bertz CT molecular complexity index is 1190. The van der Waals surface area contributed by atoms with Crippen LogP contribution < -0.4 is 14.4 Å². The summed E-state index contributed by atoms with van der Waals surface area (Å²) >= 11 is 5.91. The number of rotatable bonds is 9. The molecule has 0 unspecified atom stereocenters. The molecule has 0 spiro atoms. The Kier molecular flexibility index (Phi) is 8.00. The monoisotopic (exact) mass is 486 g/mol. The zero-order valence-corrected chi connectivity index (χ0v) is 20.4. The second kappa shape index (κ2) is 10.7. The number of carbonyl (C=O) groups excluding carboxylic acids is 1. The van der Waals surface area contributed by atoms with E-state index in [1.54, 1.807) is 24.3 Å². The van der Waals surface area contributed by atoms with Gasteiger partial charge in [-0.1, -0.05) is 35.4 Å². The lowest BCUT2D eigenvalue weighted by atomic mass is 10.1. The van der Waals surface area contributed by atoms with Crippen LogP contribution in [0.25, 0.3) is 0 Å². The first-order valence-electron chi connectivity index (χ1n) is 10.5. The van der Waals surface area contributed by atoms with Gasteiger partial charge in [0.25, 0.3) is 10.0 Å². The smallest absolute Gasteiger partial charge is 0.264 e. The van der Waals surface area contributed by atoms with Gasteiger partial charge in [0.05, 0.1) is 17.1 Å². The molecule has 0 aromatic heterocycles. The third-order valence-electron chi connectivity index (χ3n) is 4.90. The number of benzene rings is 3. The first-order valence-corrected chi connectivity index (χ1v) is 12.3. The summed E-state index contributed by atoms with van der Waals surface area (Å²) in [7, 11) is -3.98. The van der Waals surface area contributed by atoms with E-state index in [1.807, 2.05) is 32.9 Å². The summed E-state index contributed by atoms with van der Waals surface area (Å²) in [5, 5.41) is 3.16. The van der Waals surface area contributed by atoms with Gasteiger partial charge in [-0.15, -0.1) is 0 Å². The van der Waals surface area contributed by atoms with Gasteiger partial charge in [0.2, 0.25) is 5.91 Å². The molecule has 0 atom stereocenters. The van der Waals surface area contributed by atoms with Gasteiger partial charge < -0.3 is 10.1 Å². The highest BCUT2D eigenvalue weighted by Gasteiger charge is 2.27. The molecule has 174 valence electrons. The average molecular weight is 487 g/mol. The van der Waals surface area contributed by atoms with Crippen LogP contribution in [0.5, 0.6) is 5.75 Å². The summed E-state index contributed by atoms with van der Waals surface area (Å²) in [4.78, 5) is 12.7. The molecule has 3 rings (SSSR count). The molecule has 1 amide bonds. The highest BCUT2D eigenvalue weighted by atomic mass is 35.5. The van der Waals surface area contributed by atoms with Gasteiger partial charge in [-0.05, 0) is 80.4 Å². The Morgan fingerprint density at radius 2 is 1.52 bits per heavy atom. The minimum atomic E-state index is -3.98. The molecule has 0 saturated carbocycles. The number of amides is 1. The van der Waals surface area contributed by atoms with Crippen LogP contribution in [-0.2, 0) is 14.8 Å². The molecule has 0 radical (unpaired) electrons. The van der Waals surface area contributed by atoms with Gasteiger partial charge in [0, 0.05) is 5.02 Å². The van der Waals surface area contributed by atoms with Crippen molar-refractivity contribution in [1.82, 2.24) is 5.32 Å². The molecule has 6 nitrogen and oxygen atoms in total. The number of ether oxygens (including phenoxy) is 1. The largest absolute Gasteiger partial charge is 0.492 e. The van der Waals surface area contributed by atoms with Crippen molar-refractivity contribution in [3.8, 4) is 5.75 Å². The summed E-state index contributed by atoms with van der Waals surface area (Å²) in [5.74, 6) is 0.297. The van der Waals surface area contributed by atoms with E-state index in [0.29, 0.717) is 10.7 Å². The van der Waals surface area contributed by atoms with Gasteiger partial charge in [-0.3, -0.25) is 9.10 Å². The van der Waals surface area contributed by atoms with E-state index in [4.69, 9.17) is 16.3 Å². The second-order valence-electron chi connectivity index (χ2n) is 7.82. The van der Waals surface area contributed by atoms with Gasteiger partial charge in [0.15, 0.2) is 0 Å². The van der Waals surface area contributed by atoms with E-state index < -0.39 is 15.9 Å². The number of carbonyl (C=O) groups is 1. The molecule has 0 saturated heterocycles. The van der Waals surface area contributed by atoms with Crippen LogP contribution in [0.2, 0.25) is 5.02 Å². The van der Waals surface area contributed by atoms with E-state index in [0.717, 1.165) is 26.7 Å². The maximum atomic E-state index is 13.3. The summed E-state index contributed by atoms with van der Waals surface area (Å²) in [6.45, 7) is 6.03. The highest BCUT2D eigenvalue weighted by Crippen LogP contribution is 2.25. The number of aryl methyl sites for hydroxylation is 3. The number of hydrogen-bond donors (Lipinski definition) is 1. The molecular weight excluding hydrogens is 460 g/mol. The molecule has 33 heavy (non-hydrogen) atoms. The molecule has 0 aliphatic heterocycles. The fraction of sp³-hybridized carbons (Fsp3) is 0.240. The number of halogens is 1. The topological polar surface area (TPSA) is 75.7 Å². The predicted molar refractivity (Wildman–Crippen MR) is 132 cm³/mol. The van der Waals surface area contributed by atoms with Crippen LogP contribution in [0.1, 0.15) is 16.7 Å². The van der Waals surface area contributed by atoms with Crippen molar-refractivity contribution in [3.05, 3.63) is 88.4 Å².